The van der Waals surface area contributed by atoms with Crippen LogP contribution in [0.1, 0.15) is 40.5 Å². The molecule has 130 valence electrons. The van der Waals surface area contributed by atoms with Gasteiger partial charge in [0.2, 0.25) is 11.8 Å². The summed E-state index contributed by atoms with van der Waals surface area (Å²) >= 11 is 0. The highest BCUT2D eigenvalue weighted by atomic mass is 16.3. The lowest BCUT2D eigenvalue weighted by molar-refractivity contribution is -0.125. The standard InChI is InChI=1S/C17H24N4O3/c1-16(2,3)14-21-11-8-10(6-7-12(11)24-14)20-15(23)19-9-17(4,5)13(18)22/h6-8H,9H2,1-5H3,(H2,18,22)(H2,19,20,23). The number of carbonyl (C=O) groups excluding carboxylic acids is 2. The number of nitrogens with one attached hydrogen (secondary N) is 2. The minimum absolute atomic E-state index is 0.147. The summed E-state index contributed by atoms with van der Waals surface area (Å²) < 4.78 is 5.72. The minimum Gasteiger partial charge on any atom is -0.440 e. The first kappa shape index (κ1) is 17.8. The Morgan fingerprint density at radius 2 is 1.88 bits per heavy atom. The lowest BCUT2D eigenvalue weighted by atomic mass is 9.93. The molecule has 1 aromatic carbocycles. The summed E-state index contributed by atoms with van der Waals surface area (Å²) in [5.74, 6) is 0.170. The molecule has 4 N–H and O–H groups in total. The van der Waals surface area contributed by atoms with E-state index in [9.17, 15) is 9.59 Å². The zero-order valence-electron chi connectivity index (χ0n) is 14.7. The molecule has 0 spiro atoms. The van der Waals surface area contributed by atoms with Gasteiger partial charge in [-0.2, -0.15) is 0 Å². The highest BCUT2D eigenvalue weighted by Gasteiger charge is 2.25. The van der Waals surface area contributed by atoms with Crippen LogP contribution in [0.3, 0.4) is 0 Å². The number of hydrogen-bond donors (Lipinski definition) is 3. The van der Waals surface area contributed by atoms with Crippen molar-refractivity contribution in [3.05, 3.63) is 24.1 Å². The van der Waals surface area contributed by atoms with Gasteiger partial charge in [-0.25, -0.2) is 9.78 Å². The van der Waals surface area contributed by atoms with Crippen molar-refractivity contribution in [3.63, 3.8) is 0 Å². The zero-order valence-corrected chi connectivity index (χ0v) is 14.7. The SMILES string of the molecule is CC(C)(CNC(=O)Nc1ccc2oc(C(C)(C)C)nc2c1)C(N)=O. The van der Waals surface area contributed by atoms with Gasteiger partial charge in [0.1, 0.15) is 5.52 Å². The van der Waals surface area contributed by atoms with Crippen molar-refractivity contribution in [2.24, 2.45) is 11.1 Å². The Balaban J connectivity index is 2.07. The Morgan fingerprint density at radius 3 is 2.46 bits per heavy atom. The third-order valence-corrected chi connectivity index (χ3v) is 3.64. The van der Waals surface area contributed by atoms with Crippen molar-refractivity contribution in [2.75, 3.05) is 11.9 Å². The Bertz CT molecular complexity index is 772. The van der Waals surface area contributed by atoms with Gasteiger partial charge in [0.25, 0.3) is 0 Å². The molecule has 7 heteroatoms. The fourth-order valence-electron chi connectivity index (χ4n) is 1.89. The molecule has 7 nitrogen and oxygen atoms in total. The van der Waals surface area contributed by atoms with Crippen molar-refractivity contribution in [3.8, 4) is 0 Å². The summed E-state index contributed by atoms with van der Waals surface area (Å²) in [5, 5.41) is 5.35. The number of urea groups is 1. The molecule has 0 saturated heterocycles. The fourth-order valence-corrected chi connectivity index (χ4v) is 1.89. The Hall–Kier alpha value is -2.57. The van der Waals surface area contributed by atoms with Crippen LogP contribution in [0.2, 0.25) is 0 Å². The highest BCUT2D eigenvalue weighted by Crippen LogP contribution is 2.27. The summed E-state index contributed by atoms with van der Waals surface area (Å²) in [5.41, 5.74) is 6.21. The number of oxazole rings is 1. The summed E-state index contributed by atoms with van der Waals surface area (Å²) in [6, 6.07) is 4.83. The number of anilines is 1. The Labute approximate surface area is 141 Å². The molecule has 1 aromatic heterocycles. The molecule has 0 unspecified atom stereocenters. The van der Waals surface area contributed by atoms with E-state index in [1.54, 1.807) is 32.0 Å². The summed E-state index contributed by atoms with van der Waals surface area (Å²) in [6.07, 6.45) is 0. The Morgan fingerprint density at radius 1 is 1.21 bits per heavy atom. The van der Waals surface area contributed by atoms with Gasteiger partial charge in [-0.05, 0) is 32.0 Å². The molecule has 0 aliphatic rings. The van der Waals surface area contributed by atoms with Gasteiger partial charge in [-0.1, -0.05) is 20.8 Å². The van der Waals surface area contributed by atoms with Crippen LogP contribution < -0.4 is 16.4 Å². The number of nitrogens with zero attached hydrogens (tertiary/aromatic N) is 1. The first-order chi connectivity index (χ1) is 11.0. The van der Waals surface area contributed by atoms with E-state index in [0.29, 0.717) is 22.7 Å². The van der Waals surface area contributed by atoms with E-state index in [0.717, 1.165) is 0 Å². The smallest absolute Gasteiger partial charge is 0.319 e. The summed E-state index contributed by atoms with van der Waals surface area (Å²) in [7, 11) is 0. The van der Waals surface area contributed by atoms with Crippen LogP contribution in [0.15, 0.2) is 22.6 Å². The number of rotatable bonds is 4. The molecule has 2 rings (SSSR count). The van der Waals surface area contributed by atoms with E-state index < -0.39 is 17.4 Å². The maximum absolute atomic E-state index is 12.0. The molecule has 3 amide bonds. The predicted molar refractivity (Wildman–Crippen MR) is 92.7 cm³/mol. The topological polar surface area (TPSA) is 110 Å². The molecular weight excluding hydrogens is 308 g/mol. The maximum atomic E-state index is 12.0. The van der Waals surface area contributed by atoms with E-state index in [1.165, 1.54) is 0 Å². The number of carbonyl (C=O) groups is 2. The van der Waals surface area contributed by atoms with Gasteiger partial charge in [-0.15, -0.1) is 0 Å². The number of fused-ring (bicyclic) bond motifs is 1. The average molecular weight is 332 g/mol. The van der Waals surface area contributed by atoms with Crippen molar-refractivity contribution in [1.29, 1.82) is 0 Å². The van der Waals surface area contributed by atoms with E-state index in [-0.39, 0.29) is 12.0 Å². The van der Waals surface area contributed by atoms with Crippen LogP contribution in [0.5, 0.6) is 0 Å². The molecule has 1 heterocycles. The fraction of sp³-hybridized carbons (Fsp3) is 0.471. The van der Waals surface area contributed by atoms with Crippen molar-refractivity contribution >= 4 is 28.7 Å². The summed E-state index contributed by atoms with van der Waals surface area (Å²) in [4.78, 5) is 27.7. The van der Waals surface area contributed by atoms with Crippen LogP contribution in [0.4, 0.5) is 10.5 Å². The van der Waals surface area contributed by atoms with E-state index in [2.05, 4.69) is 15.6 Å². The molecule has 2 aromatic rings. The third-order valence-electron chi connectivity index (χ3n) is 3.64. The van der Waals surface area contributed by atoms with E-state index in [1.807, 2.05) is 20.8 Å². The average Bonchev–Trinajstić information content (AvgIpc) is 2.88. The molecule has 0 fully saturated rings. The van der Waals surface area contributed by atoms with Crippen LogP contribution in [-0.4, -0.2) is 23.5 Å². The second-order valence-electron chi connectivity index (χ2n) is 7.51. The van der Waals surface area contributed by atoms with Crippen molar-refractivity contribution < 1.29 is 14.0 Å². The quantitative estimate of drug-likeness (QED) is 0.799. The van der Waals surface area contributed by atoms with Crippen LogP contribution >= 0.6 is 0 Å². The number of benzene rings is 1. The maximum Gasteiger partial charge on any atom is 0.319 e. The van der Waals surface area contributed by atoms with Crippen LogP contribution in [0, 0.1) is 5.41 Å². The van der Waals surface area contributed by atoms with Gasteiger partial charge in [0.15, 0.2) is 5.58 Å². The van der Waals surface area contributed by atoms with E-state index in [4.69, 9.17) is 10.2 Å². The van der Waals surface area contributed by atoms with Gasteiger partial charge >= 0.3 is 6.03 Å². The molecule has 0 atom stereocenters. The van der Waals surface area contributed by atoms with Gasteiger partial charge in [0, 0.05) is 17.6 Å². The minimum atomic E-state index is -0.810. The van der Waals surface area contributed by atoms with Crippen molar-refractivity contribution in [2.45, 2.75) is 40.0 Å². The van der Waals surface area contributed by atoms with Gasteiger partial charge < -0.3 is 20.8 Å². The second-order valence-corrected chi connectivity index (χ2v) is 7.51. The molecule has 0 saturated carbocycles. The highest BCUT2D eigenvalue weighted by molar-refractivity contribution is 5.92. The first-order valence-corrected chi connectivity index (χ1v) is 7.75. The number of nitrogens with two attached hydrogens (primary N) is 1. The first-order valence-electron chi connectivity index (χ1n) is 7.75. The lowest BCUT2D eigenvalue weighted by Gasteiger charge is -2.20. The lowest BCUT2D eigenvalue weighted by Crippen LogP contribution is -2.43. The zero-order chi connectivity index (χ0) is 18.1. The normalized spacial score (nSPS) is 12.2. The predicted octanol–water partition coefficient (Wildman–Crippen LogP) is 2.76. The Kier molecular flexibility index (Phi) is 4.55. The monoisotopic (exact) mass is 332 g/mol. The molecular formula is C17H24N4O3. The number of aromatic nitrogens is 1. The second kappa shape index (κ2) is 6.14. The third kappa shape index (κ3) is 4.04. The van der Waals surface area contributed by atoms with Crippen LogP contribution in [0.25, 0.3) is 11.1 Å². The number of primary amides is 1. The summed E-state index contributed by atoms with van der Waals surface area (Å²) in [6.45, 7) is 9.55. The van der Waals surface area contributed by atoms with E-state index >= 15 is 0 Å². The number of hydrogen-bond acceptors (Lipinski definition) is 4. The molecule has 0 bridgehead atoms. The van der Waals surface area contributed by atoms with Crippen molar-refractivity contribution in [1.82, 2.24) is 10.3 Å². The molecule has 0 radical (unpaired) electrons. The molecule has 0 aliphatic carbocycles. The largest absolute Gasteiger partial charge is 0.440 e. The van der Waals surface area contributed by atoms with Gasteiger partial charge in [-0.3, -0.25) is 4.79 Å². The molecule has 24 heavy (non-hydrogen) atoms. The molecule has 0 aliphatic heterocycles. The van der Waals surface area contributed by atoms with Gasteiger partial charge in [0.05, 0.1) is 5.41 Å². The number of amides is 3. The van der Waals surface area contributed by atoms with Crippen LogP contribution in [-0.2, 0) is 10.2 Å².